The van der Waals surface area contributed by atoms with Gasteiger partial charge in [0.2, 0.25) is 5.91 Å². The van der Waals surface area contributed by atoms with E-state index in [1.807, 2.05) is 6.92 Å². The molecule has 114 valence electrons. The molecule has 6 heteroatoms. The Morgan fingerprint density at radius 2 is 1.95 bits per heavy atom. The maximum Gasteiger partial charge on any atom is 0.251 e. The molecular formula is C15H19ClN2O3. The molecule has 1 saturated heterocycles. The van der Waals surface area contributed by atoms with Crippen LogP contribution in [0.1, 0.15) is 30.1 Å². The highest BCUT2D eigenvalue weighted by Crippen LogP contribution is 2.25. The molecule has 0 spiro atoms. The molecule has 0 unspecified atom stereocenters. The van der Waals surface area contributed by atoms with E-state index in [0.717, 1.165) is 6.42 Å². The van der Waals surface area contributed by atoms with Gasteiger partial charge < -0.3 is 15.3 Å². The molecule has 0 atom stereocenters. The predicted octanol–water partition coefficient (Wildman–Crippen LogP) is 1.44. The summed E-state index contributed by atoms with van der Waals surface area (Å²) in [7, 11) is 0. The third-order valence-electron chi connectivity index (χ3n) is 3.55. The second-order valence-corrected chi connectivity index (χ2v) is 5.85. The van der Waals surface area contributed by atoms with Crippen molar-refractivity contribution in [3.8, 4) is 0 Å². The minimum atomic E-state index is -0.745. The number of benzene rings is 1. The van der Waals surface area contributed by atoms with Gasteiger partial charge in [0.1, 0.15) is 0 Å². The van der Waals surface area contributed by atoms with E-state index in [2.05, 4.69) is 5.32 Å². The van der Waals surface area contributed by atoms with Gasteiger partial charge in [-0.05, 0) is 30.7 Å². The summed E-state index contributed by atoms with van der Waals surface area (Å²) in [6, 6.07) is 6.45. The fraction of sp³-hybridized carbons (Fsp3) is 0.467. The Bertz CT molecular complexity index is 524. The van der Waals surface area contributed by atoms with Crippen molar-refractivity contribution in [1.82, 2.24) is 10.2 Å². The number of β-amino-alcohol motifs (C(OH)–C–C–N with tert-alkyl or cyclic N) is 1. The molecule has 1 heterocycles. The van der Waals surface area contributed by atoms with E-state index in [1.54, 1.807) is 29.2 Å². The van der Waals surface area contributed by atoms with Gasteiger partial charge in [-0.15, -0.1) is 0 Å². The molecule has 1 aliphatic heterocycles. The predicted molar refractivity (Wildman–Crippen MR) is 80.2 cm³/mol. The number of amides is 2. The number of carbonyl (C=O) groups excluding carboxylic acids is 2. The van der Waals surface area contributed by atoms with E-state index in [1.165, 1.54) is 0 Å². The molecule has 0 aromatic heterocycles. The number of hydrogen-bond donors (Lipinski definition) is 2. The van der Waals surface area contributed by atoms with Crippen molar-refractivity contribution in [3.05, 3.63) is 34.9 Å². The largest absolute Gasteiger partial charge is 0.386 e. The van der Waals surface area contributed by atoms with Crippen molar-refractivity contribution in [2.45, 2.75) is 25.4 Å². The van der Waals surface area contributed by atoms with Gasteiger partial charge in [0.25, 0.3) is 5.91 Å². The second kappa shape index (κ2) is 6.45. The number of halogens is 1. The minimum absolute atomic E-state index is 0.0658. The summed E-state index contributed by atoms with van der Waals surface area (Å²) in [6.45, 7) is 2.62. The average Bonchev–Trinajstić information content (AvgIpc) is 2.42. The summed E-state index contributed by atoms with van der Waals surface area (Å²) in [5, 5.41) is 13.1. The minimum Gasteiger partial charge on any atom is -0.386 e. The lowest BCUT2D eigenvalue weighted by atomic mass is 9.89. The number of hydrogen-bond acceptors (Lipinski definition) is 3. The Labute approximate surface area is 128 Å². The number of carbonyl (C=O) groups is 2. The second-order valence-electron chi connectivity index (χ2n) is 5.41. The number of nitrogens with zero attached hydrogens (tertiary/aromatic N) is 1. The van der Waals surface area contributed by atoms with E-state index >= 15 is 0 Å². The van der Waals surface area contributed by atoms with E-state index < -0.39 is 5.60 Å². The van der Waals surface area contributed by atoms with Crippen molar-refractivity contribution in [2.24, 2.45) is 0 Å². The van der Waals surface area contributed by atoms with Crippen LogP contribution >= 0.6 is 11.6 Å². The summed E-state index contributed by atoms with van der Waals surface area (Å²) in [4.78, 5) is 25.3. The highest BCUT2D eigenvalue weighted by molar-refractivity contribution is 6.30. The molecule has 1 aromatic rings. The standard InChI is InChI=1S/C15H19ClN2O3/c1-2-7-15(21)9-18(10-15)13(19)8-17-14(20)11-3-5-12(16)6-4-11/h3-6,21H,2,7-10H2,1H3,(H,17,20). The molecular weight excluding hydrogens is 292 g/mol. The fourth-order valence-electron chi connectivity index (χ4n) is 2.44. The zero-order chi connectivity index (χ0) is 15.5. The molecule has 1 aromatic carbocycles. The Morgan fingerprint density at radius 1 is 1.33 bits per heavy atom. The molecule has 5 nitrogen and oxygen atoms in total. The highest BCUT2D eigenvalue weighted by Gasteiger charge is 2.42. The van der Waals surface area contributed by atoms with Crippen molar-refractivity contribution >= 4 is 23.4 Å². The van der Waals surface area contributed by atoms with Crippen LogP contribution in [-0.2, 0) is 4.79 Å². The SMILES string of the molecule is CCCC1(O)CN(C(=O)CNC(=O)c2ccc(Cl)cc2)C1. The lowest BCUT2D eigenvalue weighted by molar-refractivity contribution is -0.155. The molecule has 1 fully saturated rings. The van der Waals surface area contributed by atoms with Gasteiger partial charge in [-0.2, -0.15) is 0 Å². The van der Waals surface area contributed by atoms with E-state index in [-0.39, 0.29) is 18.4 Å². The third kappa shape index (κ3) is 3.95. The molecule has 1 aliphatic rings. The van der Waals surface area contributed by atoms with Crippen LogP contribution in [0.3, 0.4) is 0 Å². The first kappa shape index (κ1) is 15.8. The number of nitrogens with one attached hydrogen (secondary N) is 1. The Kier molecular flexibility index (Phi) is 4.85. The summed E-state index contributed by atoms with van der Waals surface area (Å²) in [5.41, 5.74) is -0.289. The van der Waals surface area contributed by atoms with Crippen LogP contribution in [0, 0.1) is 0 Å². The van der Waals surface area contributed by atoms with Gasteiger partial charge in [-0.3, -0.25) is 9.59 Å². The Morgan fingerprint density at radius 3 is 2.52 bits per heavy atom. The summed E-state index contributed by atoms with van der Waals surface area (Å²) in [5.74, 6) is -0.498. The quantitative estimate of drug-likeness (QED) is 0.864. The topological polar surface area (TPSA) is 69.6 Å². The zero-order valence-corrected chi connectivity index (χ0v) is 12.7. The average molecular weight is 311 g/mol. The first-order chi connectivity index (χ1) is 9.93. The molecule has 0 saturated carbocycles. The van der Waals surface area contributed by atoms with Gasteiger partial charge in [0, 0.05) is 10.6 Å². The molecule has 21 heavy (non-hydrogen) atoms. The van der Waals surface area contributed by atoms with Crippen molar-refractivity contribution in [1.29, 1.82) is 0 Å². The number of aliphatic hydroxyl groups is 1. The molecule has 2 rings (SSSR count). The smallest absolute Gasteiger partial charge is 0.251 e. The Hall–Kier alpha value is -1.59. The number of rotatable bonds is 5. The fourth-order valence-corrected chi connectivity index (χ4v) is 2.56. The lowest BCUT2D eigenvalue weighted by Gasteiger charge is -2.46. The third-order valence-corrected chi connectivity index (χ3v) is 3.80. The van der Waals surface area contributed by atoms with Gasteiger partial charge >= 0.3 is 0 Å². The van der Waals surface area contributed by atoms with E-state index in [4.69, 9.17) is 11.6 Å². The normalized spacial score (nSPS) is 16.2. The highest BCUT2D eigenvalue weighted by atomic mass is 35.5. The monoisotopic (exact) mass is 310 g/mol. The first-order valence-electron chi connectivity index (χ1n) is 6.97. The molecule has 2 amide bonds. The maximum absolute atomic E-state index is 11.9. The lowest BCUT2D eigenvalue weighted by Crippen LogP contribution is -2.64. The van der Waals surface area contributed by atoms with Gasteiger partial charge in [0.15, 0.2) is 0 Å². The van der Waals surface area contributed by atoms with Crippen LogP contribution in [0.2, 0.25) is 5.02 Å². The number of likely N-dealkylation sites (tertiary alicyclic amines) is 1. The first-order valence-corrected chi connectivity index (χ1v) is 7.35. The maximum atomic E-state index is 11.9. The van der Waals surface area contributed by atoms with Crippen LogP contribution in [0.4, 0.5) is 0 Å². The van der Waals surface area contributed by atoms with Crippen LogP contribution in [0.15, 0.2) is 24.3 Å². The summed E-state index contributed by atoms with van der Waals surface area (Å²) < 4.78 is 0. The van der Waals surface area contributed by atoms with Crippen LogP contribution in [0.25, 0.3) is 0 Å². The van der Waals surface area contributed by atoms with Gasteiger partial charge in [-0.25, -0.2) is 0 Å². The van der Waals surface area contributed by atoms with Crippen LogP contribution in [0.5, 0.6) is 0 Å². The van der Waals surface area contributed by atoms with Crippen molar-refractivity contribution in [3.63, 3.8) is 0 Å². The van der Waals surface area contributed by atoms with Gasteiger partial charge in [0.05, 0.1) is 25.2 Å². The molecule has 2 N–H and O–H groups in total. The van der Waals surface area contributed by atoms with Crippen molar-refractivity contribution in [2.75, 3.05) is 19.6 Å². The van der Waals surface area contributed by atoms with E-state index in [9.17, 15) is 14.7 Å². The summed E-state index contributed by atoms with van der Waals surface area (Å²) in [6.07, 6.45) is 1.57. The van der Waals surface area contributed by atoms with Crippen molar-refractivity contribution < 1.29 is 14.7 Å². The zero-order valence-electron chi connectivity index (χ0n) is 11.9. The van der Waals surface area contributed by atoms with Crippen LogP contribution in [-0.4, -0.2) is 47.1 Å². The molecule has 0 aliphatic carbocycles. The summed E-state index contributed by atoms with van der Waals surface area (Å²) >= 11 is 5.75. The Balaban J connectivity index is 1.77. The van der Waals surface area contributed by atoms with Gasteiger partial charge in [-0.1, -0.05) is 24.9 Å². The van der Waals surface area contributed by atoms with Crippen LogP contribution < -0.4 is 5.32 Å². The molecule has 0 radical (unpaired) electrons. The van der Waals surface area contributed by atoms with E-state index in [0.29, 0.717) is 30.1 Å². The molecule has 0 bridgehead atoms.